The van der Waals surface area contributed by atoms with Crippen molar-refractivity contribution in [3.05, 3.63) is 29.8 Å². The molecule has 0 aliphatic carbocycles. The largest absolute Gasteiger partial charge is 0.494 e. The van der Waals surface area contributed by atoms with Crippen molar-refractivity contribution in [2.45, 2.75) is 45.6 Å². The van der Waals surface area contributed by atoms with Crippen LogP contribution in [0.1, 0.15) is 49.9 Å². The number of hydrogen-bond donors (Lipinski definition) is 1. The molecule has 2 unspecified atom stereocenters. The first-order valence-corrected chi connectivity index (χ1v) is 7.72. The number of ketones is 1. The Bertz CT molecular complexity index is 427. The van der Waals surface area contributed by atoms with E-state index in [1.807, 2.05) is 31.2 Å². The quantitative estimate of drug-likeness (QED) is 0.808. The molecule has 2 atom stereocenters. The van der Waals surface area contributed by atoms with Gasteiger partial charge in [0.1, 0.15) is 5.75 Å². The third-order valence-electron chi connectivity index (χ3n) is 4.10. The van der Waals surface area contributed by atoms with Crippen molar-refractivity contribution in [3.63, 3.8) is 0 Å². The van der Waals surface area contributed by atoms with Crippen LogP contribution < -0.4 is 10.1 Å². The van der Waals surface area contributed by atoms with Crippen LogP contribution in [0.25, 0.3) is 0 Å². The van der Waals surface area contributed by atoms with Gasteiger partial charge in [-0.1, -0.05) is 13.3 Å². The maximum absolute atomic E-state index is 12.3. The van der Waals surface area contributed by atoms with Crippen molar-refractivity contribution in [1.29, 1.82) is 0 Å². The van der Waals surface area contributed by atoms with Crippen LogP contribution in [0.3, 0.4) is 0 Å². The van der Waals surface area contributed by atoms with Crippen LogP contribution in [0.5, 0.6) is 5.75 Å². The molecule has 1 N–H and O–H groups in total. The van der Waals surface area contributed by atoms with Crippen molar-refractivity contribution in [3.8, 4) is 5.75 Å². The lowest BCUT2D eigenvalue weighted by Crippen LogP contribution is -2.39. The Morgan fingerprint density at radius 2 is 2.05 bits per heavy atom. The lowest BCUT2D eigenvalue weighted by atomic mass is 9.87. The monoisotopic (exact) mass is 275 g/mol. The first-order valence-electron chi connectivity index (χ1n) is 7.72. The van der Waals surface area contributed by atoms with Gasteiger partial charge < -0.3 is 10.1 Å². The van der Waals surface area contributed by atoms with Gasteiger partial charge in [-0.3, -0.25) is 4.79 Å². The molecule has 0 radical (unpaired) electrons. The minimum atomic E-state index is 0.224. The topological polar surface area (TPSA) is 38.3 Å². The van der Waals surface area contributed by atoms with E-state index in [2.05, 4.69) is 12.2 Å². The van der Waals surface area contributed by atoms with Gasteiger partial charge in [-0.05, 0) is 56.5 Å². The maximum atomic E-state index is 12.3. The average Bonchev–Trinajstić information content (AvgIpc) is 2.48. The number of nitrogens with one attached hydrogen (secondary N) is 1. The number of Topliss-reactive ketones (excluding diaryl/α,β-unsaturated/α-hetero) is 1. The molecule has 1 aromatic carbocycles. The van der Waals surface area contributed by atoms with Gasteiger partial charge >= 0.3 is 0 Å². The lowest BCUT2D eigenvalue weighted by Gasteiger charge is -2.29. The van der Waals surface area contributed by atoms with Gasteiger partial charge in [-0.15, -0.1) is 0 Å². The summed E-state index contributed by atoms with van der Waals surface area (Å²) in [5.74, 6) is 1.82. The Morgan fingerprint density at radius 3 is 2.70 bits per heavy atom. The Labute approximate surface area is 121 Å². The SMILES string of the molecule is CCOc1ccc(C(=O)CC2CC(CC)CCN2)cc1. The van der Waals surface area contributed by atoms with Gasteiger partial charge in [0.05, 0.1) is 6.61 Å². The molecule has 110 valence electrons. The summed E-state index contributed by atoms with van der Waals surface area (Å²) in [6, 6.07) is 7.83. The second kappa shape index (κ2) is 7.44. The summed E-state index contributed by atoms with van der Waals surface area (Å²) in [7, 11) is 0. The Morgan fingerprint density at radius 1 is 1.30 bits per heavy atom. The van der Waals surface area contributed by atoms with Crippen molar-refractivity contribution in [2.75, 3.05) is 13.2 Å². The highest BCUT2D eigenvalue weighted by Crippen LogP contribution is 2.22. The predicted octanol–water partition coefficient (Wildman–Crippen LogP) is 3.44. The van der Waals surface area contributed by atoms with Crippen molar-refractivity contribution in [1.82, 2.24) is 5.32 Å². The van der Waals surface area contributed by atoms with E-state index in [1.54, 1.807) is 0 Å². The van der Waals surface area contributed by atoms with Crippen molar-refractivity contribution >= 4 is 5.78 Å². The smallest absolute Gasteiger partial charge is 0.164 e. The number of piperidine rings is 1. The molecule has 1 aromatic rings. The molecule has 1 aliphatic rings. The van der Waals surface area contributed by atoms with Crippen LogP contribution in [0.15, 0.2) is 24.3 Å². The molecule has 0 saturated carbocycles. The highest BCUT2D eigenvalue weighted by Gasteiger charge is 2.22. The van der Waals surface area contributed by atoms with Crippen LogP contribution >= 0.6 is 0 Å². The minimum absolute atomic E-state index is 0.224. The zero-order valence-electron chi connectivity index (χ0n) is 12.5. The summed E-state index contributed by atoms with van der Waals surface area (Å²) in [5, 5.41) is 3.47. The average molecular weight is 275 g/mol. The van der Waals surface area contributed by atoms with E-state index >= 15 is 0 Å². The summed E-state index contributed by atoms with van der Waals surface area (Å²) in [5.41, 5.74) is 0.786. The summed E-state index contributed by atoms with van der Waals surface area (Å²) < 4.78 is 5.40. The number of benzene rings is 1. The van der Waals surface area contributed by atoms with Gasteiger partial charge in [-0.2, -0.15) is 0 Å². The second-order valence-corrected chi connectivity index (χ2v) is 5.53. The standard InChI is InChI=1S/C17H25NO2/c1-3-13-9-10-18-15(11-13)12-17(19)14-5-7-16(8-6-14)20-4-2/h5-8,13,15,18H,3-4,9-12H2,1-2H3. The molecule has 1 saturated heterocycles. The summed E-state index contributed by atoms with van der Waals surface area (Å²) in [4.78, 5) is 12.3. The highest BCUT2D eigenvalue weighted by atomic mass is 16.5. The number of rotatable bonds is 6. The van der Waals surface area contributed by atoms with Crippen LogP contribution in [-0.2, 0) is 0 Å². The lowest BCUT2D eigenvalue weighted by molar-refractivity contribution is 0.0957. The van der Waals surface area contributed by atoms with Gasteiger partial charge in [0, 0.05) is 18.0 Å². The van der Waals surface area contributed by atoms with E-state index in [1.165, 1.54) is 12.8 Å². The molecule has 0 amide bonds. The van der Waals surface area contributed by atoms with E-state index in [-0.39, 0.29) is 5.78 Å². The second-order valence-electron chi connectivity index (χ2n) is 5.53. The minimum Gasteiger partial charge on any atom is -0.494 e. The molecule has 1 fully saturated rings. The van der Waals surface area contributed by atoms with E-state index in [0.29, 0.717) is 19.1 Å². The highest BCUT2D eigenvalue weighted by molar-refractivity contribution is 5.96. The molecule has 3 nitrogen and oxygen atoms in total. The molecule has 20 heavy (non-hydrogen) atoms. The molecular weight excluding hydrogens is 250 g/mol. The normalized spacial score (nSPS) is 22.5. The van der Waals surface area contributed by atoms with Crippen LogP contribution in [0, 0.1) is 5.92 Å². The van der Waals surface area contributed by atoms with Gasteiger partial charge in [0.2, 0.25) is 0 Å². The molecular formula is C17H25NO2. The van der Waals surface area contributed by atoms with E-state index in [4.69, 9.17) is 4.74 Å². The molecule has 3 heteroatoms. The number of hydrogen-bond acceptors (Lipinski definition) is 3. The molecule has 1 heterocycles. The fourth-order valence-corrected chi connectivity index (χ4v) is 2.87. The maximum Gasteiger partial charge on any atom is 0.164 e. The third kappa shape index (κ3) is 4.07. The summed E-state index contributed by atoms with van der Waals surface area (Å²) in [6.07, 6.45) is 4.18. The van der Waals surface area contributed by atoms with Crippen LogP contribution in [-0.4, -0.2) is 25.0 Å². The Hall–Kier alpha value is -1.35. The molecule has 0 aromatic heterocycles. The van der Waals surface area contributed by atoms with Gasteiger partial charge in [-0.25, -0.2) is 0 Å². The zero-order chi connectivity index (χ0) is 14.4. The van der Waals surface area contributed by atoms with Gasteiger partial charge in [0.15, 0.2) is 5.78 Å². The van der Waals surface area contributed by atoms with E-state index < -0.39 is 0 Å². The number of ether oxygens (including phenoxy) is 1. The molecule has 0 bridgehead atoms. The Kier molecular flexibility index (Phi) is 5.60. The number of carbonyl (C=O) groups excluding carboxylic acids is 1. The van der Waals surface area contributed by atoms with E-state index in [0.717, 1.165) is 30.2 Å². The molecule has 1 aliphatic heterocycles. The first-order chi connectivity index (χ1) is 9.72. The summed E-state index contributed by atoms with van der Waals surface area (Å²) >= 11 is 0. The third-order valence-corrected chi connectivity index (χ3v) is 4.10. The fourth-order valence-electron chi connectivity index (χ4n) is 2.87. The van der Waals surface area contributed by atoms with Crippen LogP contribution in [0.2, 0.25) is 0 Å². The predicted molar refractivity (Wildman–Crippen MR) is 81.4 cm³/mol. The van der Waals surface area contributed by atoms with Crippen LogP contribution in [0.4, 0.5) is 0 Å². The fraction of sp³-hybridized carbons (Fsp3) is 0.588. The van der Waals surface area contributed by atoms with Crippen molar-refractivity contribution < 1.29 is 9.53 Å². The zero-order valence-corrected chi connectivity index (χ0v) is 12.5. The summed E-state index contributed by atoms with van der Waals surface area (Å²) in [6.45, 7) is 5.89. The Balaban J connectivity index is 1.90. The number of carbonyl (C=O) groups is 1. The van der Waals surface area contributed by atoms with Crippen molar-refractivity contribution in [2.24, 2.45) is 5.92 Å². The van der Waals surface area contributed by atoms with E-state index in [9.17, 15) is 4.79 Å². The van der Waals surface area contributed by atoms with Gasteiger partial charge in [0.25, 0.3) is 0 Å². The molecule has 2 rings (SSSR count). The molecule has 0 spiro atoms. The first kappa shape index (κ1) is 15.0.